The van der Waals surface area contributed by atoms with Crippen LogP contribution in [0.2, 0.25) is 0 Å². The summed E-state index contributed by atoms with van der Waals surface area (Å²) in [4.78, 5) is 27.0. The number of amides is 1. The van der Waals surface area contributed by atoms with Gasteiger partial charge in [-0.2, -0.15) is 10.2 Å². The minimum absolute atomic E-state index is 0.154. The molecule has 0 aromatic carbocycles. The summed E-state index contributed by atoms with van der Waals surface area (Å²) >= 11 is 0. The molecule has 0 fully saturated rings. The van der Waals surface area contributed by atoms with Crippen LogP contribution in [0.3, 0.4) is 0 Å². The van der Waals surface area contributed by atoms with Gasteiger partial charge in [0, 0.05) is 31.2 Å². The quantitative estimate of drug-likeness (QED) is 0.719. The molecular weight excluding hydrogens is 284 g/mol. The fraction of sp³-hybridized carbons (Fsp3) is 0.0714. The van der Waals surface area contributed by atoms with Crippen molar-refractivity contribution in [3.05, 3.63) is 70.5 Å². The highest BCUT2D eigenvalue weighted by atomic mass is 16.2. The van der Waals surface area contributed by atoms with Crippen molar-refractivity contribution in [2.45, 2.75) is 6.54 Å². The van der Waals surface area contributed by atoms with Crippen LogP contribution in [0.4, 0.5) is 0 Å². The summed E-state index contributed by atoms with van der Waals surface area (Å²) in [5.74, 6) is 0.299. The minimum Gasteiger partial charge on any atom is -0.347 e. The number of nitrogens with one attached hydrogen (secondary N) is 2. The minimum atomic E-state index is -0.367. The highest BCUT2D eigenvalue weighted by Crippen LogP contribution is 2.06. The van der Waals surface area contributed by atoms with E-state index in [9.17, 15) is 9.59 Å². The van der Waals surface area contributed by atoms with Gasteiger partial charge in [-0.1, -0.05) is 0 Å². The third-order valence-electron chi connectivity index (χ3n) is 2.91. The van der Waals surface area contributed by atoms with Gasteiger partial charge in [-0.3, -0.25) is 9.59 Å². The van der Waals surface area contributed by atoms with E-state index >= 15 is 0 Å². The van der Waals surface area contributed by atoms with Gasteiger partial charge < -0.3 is 5.32 Å². The highest BCUT2D eigenvalue weighted by Gasteiger charge is 2.07. The summed E-state index contributed by atoms with van der Waals surface area (Å²) in [7, 11) is 0. The number of aromatic amines is 1. The number of pyridine rings is 1. The predicted octanol–water partition coefficient (Wildman–Crippen LogP) is 0.281. The zero-order valence-corrected chi connectivity index (χ0v) is 11.4. The summed E-state index contributed by atoms with van der Waals surface area (Å²) in [6.07, 6.45) is 5.10. The largest absolute Gasteiger partial charge is 0.347 e. The van der Waals surface area contributed by atoms with Gasteiger partial charge in [-0.25, -0.2) is 14.8 Å². The molecule has 2 N–H and O–H groups in total. The van der Waals surface area contributed by atoms with Crippen LogP contribution in [0.25, 0.3) is 5.82 Å². The molecule has 8 heteroatoms. The fourth-order valence-electron chi connectivity index (χ4n) is 1.84. The Bertz CT molecular complexity index is 820. The van der Waals surface area contributed by atoms with Crippen molar-refractivity contribution in [1.29, 1.82) is 0 Å². The molecule has 0 atom stereocenters. The van der Waals surface area contributed by atoms with Crippen LogP contribution in [-0.4, -0.2) is 30.9 Å². The number of hydrogen-bond donors (Lipinski definition) is 2. The number of H-pyrrole nitrogens is 1. The maximum Gasteiger partial charge on any atom is 0.271 e. The van der Waals surface area contributed by atoms with E-state index in [4.69, 9.17) is 0 Å². The van der Waals surface area contributed by atoms with Gasteiger partial charge in [0.15, 0.2) is 5.82 Å². The van der Waals surface area contributed by atoms with Gasteiger partial charge >= 0.3 is 0 Å². The van der Waals surface area contributed by atoms with Crippen molar-refractivity contribution in [2.24, 2.45) is 0 Å². The molecule has 3 heterocycles. The average Bonchev–Trinajstić information content (AvgIpc) is 3.08. The number of hydrogen-bond acceptors (Lipinski definition) is 5. The Hall–Kier alpha value is -3.29. The van der Waals surface area contributed by atoms with Crippen LogP contribution in [0.5, 0.6) is 0 Å². The first-order valence-electron chi connectivity index (χ1n) is 6.51. The zero-order chi connectivity index (χ0) is 15.4. The molecule has 3 rings (SSSR count). The number of nitrogens with zero attached hydrogens (tertiary/aromatic N) is 4. The molecule has 8 nitrogen and oxygen atoms in total. The van der Waals surface area contributed by atoms with Crippen LogP contribution in [0.15, 0.2) is 53.7 Å². The van der Waals surface area contributed by atoms with Crippen LogP contribution in [0, 0.1) is 0 Å². The summed E-state index contributed by atoms with van der Waals surface area (Å²) in [5.41, 5.74) is 0.675. The van der Waals surface area contributed by atoms with Crippen molar-refractivity contribution >= 4 is 5.91 Å². The van der Waals surface area contributed by atoms with E-state index in [0.29, 0.717) is 12.4 Å². The number of rotatable bonds is 4. The molecule has 0 radical (unpaired) electrons. The maximum atomic E-state index is 11.9. The van der Waals surface area contributed by atoms with E-state index < -0.39 is 0 Å². The first-order valence-corrected chi connectivity index (χ1v) is 6.51. The topological polar surface area (TPSA) is 106 Å². The fourth-order valence-corrected chi connectivity index (χ4v) is 1.84. The number of carbonyl (C=O) groups is 1. The van der Waals surface area contributed by atoms with Crippen LogP contribution < -0.4 is 10.9 Å². The summed E-state index contributed by atoms with van der Waals surface area (Å²) in [5, 5.41) is 12.7. The van der Waals surface area contributed by atoms with E-state index in [1.165, 1.54) is 12.1 Å². The Morgan fingerprint density at radius 3 is 2.91 bits per heavy atom. The molecule has 1 amide bonds. The third kappa shape index (κ3) is 3.06. The summed E-state index contributed by atoms with van der Waals surface area (Å²) in [6, 6.07) is 8.05. The maximum absolute atomic E-state index is 11.9. The van der Waals surface area contributed by atoms with E-state index in [0.717, 1.165) is 5.56 Å². The lowest BCUT2D eigenvalue weighted by Gasteiger charge is -2.06. The van der Waals surface area contributed by atoms with Crippen LogP contribution in [-0.2, 0) is 6.54 Å². The molecule has 0 aliphatic heterocycles. The summed E-state index contributed by atoms with van der Waals surface area (Å²) in [6.45, 7) is 0.316. The Balaban J connectivity index is 1.69. The molecular formula is C14H12N6O2. The van der Waals surface area contributed by atoms with Gasteiger partial charge in [-0.05, 0) is 29.8 Å². The molecule has 0 aliphatic carbocycles. The molecule has 22 heavy (non-hydrogen) atoms. The molecule has 3 aromatic heterocycles. The third-order valence-corrected chi connectivity index (χ3v) is 2.91. The van der Waals surface area contributed by atoms with Crippen LogP contribution >= 0.6 is 0 Å². The average molecular weight is 296 g/mol. The van der Waals surface area contributed by atoms with Crippen molar-refractivity contribution in [3.8, 4) is 5.82 Å². The lowest BCUT2D eigenvalue weighted by atomic mass is 10.2. The Kier molecular flexibility index (Phi) is 3.73. The molecule has 0 saturated carbocycles. The SMILES string of the molecule is O=C(NCc1ccnc(-n2cccn2)c1)c1ccc(=O)[nH]n1. The van der Waals surface area contributed by atoms with E-state index in [1.54, 1.807) is 35.4 Å². The first-order chi connectivity index (χ1) is 10.7. The van der Waals surface area contributed by atoms with Crippen molar-refractivity contribution in [1.82, 2.24) is 30.3 Å². The Morgan fingerprint density at radius 2 is 2.18 bits per heavy atom. The molecule has 0 aliphatic rings. The van der Waals surface area contributed by atoms with Gasteiger partial charge in [0.25, 0.3) is 11.5 Å². The second-order valence-electron chi connectivity index (χ2n) is 4.46. The van der Waals surface area contributed by atoms with Crippen molar-refractivity contribution in [3.63, 3.8) is 0 Å². The Morgan fingerprint density at radius 1 is 1.27 bits per heavy atom. The van der Waals surface area contributed by atoms with E-state index in [1.807, 2.05) is 6.07 Å². The monoisotopic (exact) mass is 296 g/mol. The molecule has 0 spiro atoms. The number of aromatic nitrogens is 5. The summed E-state index contributed by atoms with van der Waals surface area (Å²) < 4.78 is 1.63. The Labute approximate surface area is 124 Å². The zero-order valence-electron chi connectivity index (χ0n) is 11.4. The molecule has 3 aromatic rings. The molecule has 0 saturated heterocycles. The predicted molar refractivity (Wildman–Crippen MR) is 77.4 cm³/mol. The standard InChI is InChI=1S/C14H12N6O2/c21-13-3-2-11(18-19-13)14(22)16-9-10-4-6-15-12(8-10)20-7-1-5-17-20/h1-8H,9H2,(H,16,22)(H,19,21). The highest BCUT2D eigenvalue weighted by molar-refractivity contribution is 5.91. The second kappa shape index (κ2) is 6.00. The molecule has 110 valence electrons. The van der Waals surface area contributed by atoms with Gasteiger partial charge in [-0.15, -0.1) is 0 Å². The van der Waals surface area contributed by atoms with Crippen LogP contribution in [0.1, 0.15) is 16.1 Å². The normalized spacial score (nSPS) is 10.4. The van der Waals surface area contributed by atoms with Crippen molar-refractivity contribution < 1.29 is 4.79 Å². The van der Waals surface area contributed by atoms with Gasteiger partial charge in [0.05, 0.1) is 0 Å². The van der Waals surface area contributed by atoms with Gasteiger partial charge in [0.1, 0.15) is 5.69 Å². The van der Waals surface area contributed by atoms with E-state index in [-0.39, 0.29) is 17.2 Å². The second-order valence-corrected chi connectivity index (χ2v) is 4.46. The lowest BCUT2D eigenvalue weighted by Crippen LogP contribution is -2.25. The number of carbonyl (C=O) groups excluding carboxylic acids is 1. The smallest absolute Gasteiger partial charge is 0.271 e. The molecule has 0 bridgehead atoms. The first kappa shape index (κ1) is 13.7. The van der Waals surface area contributed by atoms with Crippen molar-refractivity contribution in [2.75, 3.05) is 0 Å². The molecule has 0 unspecified atom stereocenters. The van der Waals surface area contributed by atoms with Gasteiger partial charge in [0.2, 0.25) is 0 Å². The lowest BCUT2D eigenvalue weighted by molar-refractivity contribution is 0.0945. The van der Waals surface area contributed by atoms with E-state index in [2.05, 4.69) is 25.6 Å².